The second-order valence-corrected chi connectivity index (χ2v) is 4.71. The molecule has 0 aliphatic carbocycles. The van der Waals surface area contributed by atoms with E-state index in [4.69, 9.17) is 9.47 Å². The number of nitrogens with zero attached hydrogens (tertiary/aromatic N) is 1. The van der Waals surface area contributed by atoms with Crippen LogP contribution in [0.5, 0.6) is 5.88 Å². The van der Waals surface area contributed by atoms with Crippen LogP contribution in [0.2, 0.25) is 0 Å². The van der Waals surface area contributed by atoms with Gasteiger partial charge >= 0.3 is 0 Å². The van der Waals surface area contributed by atoms with Crippen molar-refractivity contribution in [1.82, 2.24) is 10.3 Å². The highest BCUT2D eigenvalue weighted by Crippen LogP contribution is 2.26. The van der Waals surface area contributed by atoms with E-state index in [2.05, 4.69) is 24.1 Å². The lowest BCUT2D eigenvalue weighted by Gasteiger charge is -2.29. The third kappa shape index (κ3) is 2.58. The molecule has 2 rings (SSSR count). The molecule has 1 saturated heterocycles. The Morgan fingerprint density at radius 1 is 1.65 bits per heavy atom. The van der Waals surface area contributed by atoms with Crippen molar-refractivity contribution >= 4 is 0 Å². The molecule has 2 heterocycles. The van der Waals surface area contributed by atoms with Gasteiger partial charge in [-0.25, -0.2) is 4.98 Å². The number of rotatable bonds is 4. The summed E-state index contributed by atoms with van der Waals surface area (Å²) in [4.78, 5) is 4.19. The van der Waals surface area contributed by atoms with Crippen LogP contribution in [0, 0.1) is 0 Å². The Bertz CT molecular complexity index is 383. The molecule has 4 nitrogen and oxygen atoms in total. The first-order valence-electron chi connectivity index (χ1n) is 6.00. The van der Waals surface area contributed by atoms with E-state index in [-0.39, 0.29) is 11.6 Å². The van der Waals surface area contributed by atoms with E-state index in [9.17, 15) is 0 Å². The first-order valence-corrected chi connectivity index (χ1v) is 6.00. The zero-order valence-electron chi connectivity index (χ0n) is 10.7. The van der Waals surface area contributed by atoms with Crippen molar-refractivity contribution in [1.29, 1.82) is 0 Å². The zero-order chi connectivity index (χ0) is 12.3. The third-order valence-electron chi connectivity index (χ3n) is 3.61. The molecule has 1 aliphatic rings. The number of hydrogen-bond donors (Lipinski definition) is 1. The smallest absolute Gasteiger partial charge is 0.217 e. The lowest BCUT2D eigenvalue weighted by Crippen LogP contribution is -2.47. The average molecular weight is 236 g/mol. The van der Waals surface area contributed by atoms with E-state index in [0.717, 1.165) is 25.1 Å². The van der Waals surface area contributed by atoms with Crippen LogP contribution in [0.25, 0.3) is 0 Å². The summed E-state index contributed by atoms with van der Waals surface area (Å²) in [5, 5.41) is 3.55. The minimum absolute atomic E-state index is 0.0425. The van der Waals surface area contributed by atoms with Crippen molar-refractivity contribution in [2.75, 3.05) is 13.7 Å². The maximum atomic E-state index is 5.60. The van der Waals surface area contributed by atoms with Gasteiger partial charge in [-0.1, -0.05) is 6.07 Å². The molecule has 17 heavy (non-hydrogen) atoms. The van der Waals surface area contributed by atoms with E-state index < -0.39 is 0 Å². The first-order chi connectivity index (χ1) is 8.15. The Balaban J connectivity index is 2.02. The Morgan fingerprint density at radius 2 is 2.47 bits per heavy atom. The van der Waals surface area contributed by atoms with Gasteiger partial charge in [0.05, 0.1) is 13.2 Å². The van der Waals surface area contributed by atoms with Gasteiger partial charge in [-0.3, -0.25) is 0 Å². The predicted molar refractivity (Wildman–Crippen MR) is 66.1 cm³/mol. The summed E-state index contributed by atoms with van der Waals surface area (Å²) < 4.78 is 10.8. The van der Waals surface area contributed by atoms with Crippen LogP contribution in [-0.2, 0) is 11.3 Å². The monoisotopic (exact) mass is 236 g/mol. The van der Waals surface area contributed by atoms with Crippen molar-refractivity contribution in [3.63, 3.8) is 0 Å². The molecule has 0 amide bonds. The number of aromatic nitrogens is 1. The normalized spacial score (nSPS) is 28.3. The van der Waals surface area contributed by atoms with Gasteiger partial charge in [0.25, 0.3) is 0 Å². The maximum Gasteiger partial charge on any atom is 0.217 e. The molecule has 0 spiro atoms. The van der Waals surface area contributed by atoms with Gasteiger partial charge in [-0.15, -0.1) is 0 Å². The molecule has 2 atom stereocenters. The summed E-state index contributed by atoms with van der Waals surface area (Å²) in [5.41, 5.74) is 1.12. The standard InChI is InChI=1S/C13H20N2O2/c1-10-13(2,6-8-17-10)15-9-11-5-4-7-14-12(11)16-3/h4-5,7,10,15H,6,8-9H2,1-3H3. The molecular weight excluding hydrogens is 216 g/mol. The molecule has 1 N–H and O–H groups in total. The Labute approximate surface area is 102 Å². The lowest BCUT2D eigenvalue weighted by molar-refractivity contribution is 0.0880. The van der Waals surface area contributed by atoms with E-state index in [1.165, 1.54) is 0 Å². The molecule has 1 aromatic rings. The summed E-state index contributed by atoms with van der Waals surface area (Å²) in [6, 6.07) is 3.96. The molecule has 1 aromatic heterocycles. The topological polar surface area (TPSA) is 43.4 Å². The zero-order valence-corrected chi connectivity index (χ0v) is 10.7. The summed E-state index contributed by atoms with van der Waals surface area (Å²) in [5.74, 6) is 0.690. The summed E-state index contributed by atoms with van der Waals surface area (Å²) in [6.07, 6.45) is 3.02. The van der Waals surface area contributed by atoms with Gasteiger partial charge < -0.3 is 14.8 Å². The fourth-order valence-electron chi connectivity index (χ4n) is 2.11. The van der Waals surface area contributed by atoms with E-state index in [1.54, 1.807) is 13.3 Å². The number of methoxy groups -OCH3 is 1. The molecule has 4 heteroatoms. The number of pyridine rings is 1. The van der Waals surface area contributed by atoms with E-state index in [1.807, 2.05) is 12.1 Å². The SMILES string of the molecule is COc1ncccc1CNC1(C)CCOC1C. The highest BCUT2D eigenvalue weighted by molar-refractivity contribution is 5.25. The summed E-state index contributed by atoms with van der Waals surface area (Å²) >= 11 is 0. The first kappa shape index (κ1) is 12.3. The van der Waals surface area contributed by atoms with Crippen LogP contribution in [0.15, 0.2) is 18.3 Å². The van der Waals surface area contributed by atoms with Crippen LogP contribution < -0.4 is 10.1 Å². The number of ether oxygens (including phenoxy) is 2. The summed E-state index contributed by atoms with van der Waals surface area (Å²) in [7, 11) is 1.65. The molecule has 0 radical (unpaired) electrons. The van der Waals surface area contributed by atoms with Crippen LogP contribution in [-0.4, -0.2) is 30.3 Å². The largest absolute Gasteiger partial charge is 0.481 e. The minimum atomic E-state index is 0.0425. The predicted octanol–water partition coefficient (Wildman–Crippen LogP) is 1.75. The van der Waals surface area contributed by atoms with Gasteiger partial charge in [-0.2, -0.15) is 0 Å². The molecule has 1 aliphatic heterocycles. The number of nitrogens with one attached hydrogen (secondary N) is 1. The highest BCUT2D eigenvalue weighted by atomic mass is 16.5. The van der Waals surface area contributed by atoms with Crippen molar-refractivity contribution in [2.24, 2.45) is 0 Å². The Morgan fingerprint density at radius 3 is 3.12 bits per heavy atom. The van der Waals surface area contributed by atoms with Crippen LogP contribution in [0.4, 0.5) is 0 Å². The van der Waals surface area contributed by atoms with Gasteiger partial charge in [-0.05, 0) is 26.3 Å². The van der Waals surface area contributed by atoms with E-state index >= 15 is 0 Å². The van der Waals surface area contributed by atoms with Crippen LogP contribution >= 0.6 is 0 Å². The minimum Gasteiger partial charge on any atom is -0.481 e. The molecule has 2 unspecified atom stereocenters. The quantitative estimate of drug-likeness (QED) is 0.865. The highest BCUT2D eigenvalue weighted by Gasteiger charge is 2.36. The average Bonchev–Trinajstić information content (AvgIpc) is 2.68. The van der Waals surface area contributed by atoms with Gasteiger partial charge in [0.15, 0.2) is 0 Å². The lowest BCUT2D eigenvalue weighted by atomic mass is 9.94. The van der Waals surface area contributed by atoms with Gasteiger partial charge in [0.1, 0.15) is 0 Å². The number of hydrogen-bond acceptors (Lipinski definition) is 4. The molecule has 0 saturated carbocycles. The molecule has 94 valence electrons. The Hall–Kier alpha value is -1.13. The fraction of sp³-hybridized carbons (Fsp3) is 0.615. The van der Waals surface area contributed by atoms with Crippen molar-refractivity contribution < 1.29 is 9.47 Å². The Kier molecular flexibility index (Phi) is 3.64. The van der Waals surface area contributed by atoms with Crippen LogP contribution in [0.3, 0.4) is 0 Å². The third-order valence-corrected chi connectivity index (χ3v) is 3.61. The second kappa shape index (κ2) is 5.02. The second-order valence-electron chi connectivity index (χ2n) is 4.71. The molecule has 0 aromatic carbocycles. The maximum absolute atomic E-state index is 5.60. The van der Waals surface area contributed by atoms with Crippen molar-refractivity contribution in [2.45, 2.75) is 38.5 Å². The molecule has 1 fully saturated rings. The van der Waals surface area contributed by atoms with Crippen LogP contribution in [0.1, 0.15) is 25.8 Å². The fourth-order valence-corrected chi connectivity index (χ4v) is 2.11. The summed E-state index contributed by atoms with van der Waals surface area (Å²) in [6.45, 7) is 5.89. The molecular formula is C13H20N2O2. The van der Waals surface area contributed by atoms with Gasteiger partial charge in [0.2, 0.25) is 5.88 Å². The van der Waals surface area contributed by atoms with Gasteiger partial charge in [0, 0.05) is 30.5 Å². The van der Waals surface area contributed by atoms with E-state index in [0.29, 0.717) is 5.88 Å². The van der Waals surface area contributed by atoms with Crippen molar-refractivity contribution in [3.8, 4) is 5.88 Å². The van der Waals surface area contributed by atoms with Crippen molar-refractivity contribution in [3.05, 3.63) is 23.9 Å². The molecule has 0 bridgehead atoms.